The van der Waals surface area contributed by atoms with Gasteiger partial charge < -0.3 is 19.7 Å². The standard InChI is InChI=1S/C20H22FN3O4/c1-27-17-9-13-7-8-24(11-14(13)10-18(17)28-2)12-19(25)23-20(26)22-16-6-4-3-5-15(16)21/h3-6,9-10H,7-8,11-12H2,1-2H3,(H2,22,23,25,26)/p+1. The Morgan fingerprint density at radius 2 is 1.79 bits per heavy atom. The Morgan fingerprint density at radius 3 is 2.46 bits per heavy atom. The molecule has 1 aliphatic heterocycles. The third kappa shape index (κ3) is 4.58. The van der Waals surface area contributed by atoms with E-state index in [1.54, 1.807) is 20.3 Å². The average Bonchev–Trinajstić information content (AvgIpc) is 2.68. The van der Waals surface area contributed by atoms with E-state index in [9.17, 15) is 14.0 Å². The quantitative estimate of drug-likeness (QED) is 0.717. The number of hydrogen-bond acceptors (Lipinski definition) is 4. The van der Waals surface area contributed by atoms with E-state index in [4.69, 9.17) is 9.47 Å². The van der Waals surface area contributed by atoms with E-state index in [0.29, 0.717) is 18.0 Å². The summed E-state index contributed by atoms with van der Waals surface area (Å²) in [7, 11) is 3.18. The molecule has 148 valence electrons. The van der Waals surface area contributed by atoms with E-state index in [0.717, 1.165) is 23.4 Å². The normalized spacial score (nSPS) is 15.3. The van der Waals surface area contributed by atoms with Crippen molar-refractivity contribution < 1.29 is 28.4 Å². The molecule has 0 saturated heterocycles. The van der Waals surface area contributed by atoms with Gasteiger partial charge in [0.2, 0.25) is 0 Å². The van der Waals surface area contributed by atoms with Crippen LogP contribution in [-0.2, 0) is 17.8 Å². The molecule has 0 radical (unpaired) electrons. The second-order valence-electron chi connectivity index (χ2n) is 6.56. The van der Waals surface area contributed by atoms with Crippen LogP contribution in [0, 0.1) is 5.82 Å². The summed E-state index contributed by atoms with van der Waals surface area (Å²) < 4.78 is 24.2. The molecule has 28 heavy (non-hydrogen) atoms. The molecule has 0 fully saturated rings. The van der Waals surface area contributed by atoms with Crippen molar-refractivity contribution in [3.8, 4) is 11.5 Å². The largest absolute Gasteiger partial charge is 0.493 e. The van der Waals surface area contributed by atoms with Crippen molar-refractivity contribution in [3.05, 3.63) is 53.3 Å². The highest BCUT2D eigenvalue weighted by molar-refractivity contribution is 6.01. The van der Waals surface area contributed by atoms with Crippen molar-refractivity contribution in [2.24, 2.45) is 0 Å². The predicted molar refractivity (Wildman–Crippen MR) is 101 cm³/mol. The van der Waals surface area contributed by atoms with Crippen LogP contribution in [0.4, 0.5) is 14.9 Å². The Morgan fingerprint density at radius 1 is 1.11 bits per heavy atom. The third-order valence-corrected chi connectivity index (χ3v) is 4.68. The Bertz CT molecular complexity index is 888. The number of urea groups is 1. The molecule has 1 aliphatic rings. The van der Waals surface area contributed by atoms with E-state index in [1.165, 1.54) is 23.8 Å². The number of hydrogen-bond donors (Lipinski definition) is 3. The second-order valence-corrected chi connectivity index (χ2v) is 6.56. The molecule has 0 saturated carbocycles. The highest BCUT2D eigenvalue weighted by atomic mass is 19.1. The molecule has 1 unspecified atom stereocenters. The van der Waals surface area contributed by atoms with E-state index in [-0.39, 0.29) is 12.2 Å². The van der Waals surface area contributed by atoms with Gasteiger partial charge >= 0.3 is 6.03 Å². The number of benzene rings is 2. The van der Waals surface area contributed by atoms with E-state index in [2.05, 4.69) is 10.6 Å². The molecule has 0 spiro atoms. The maximum Gasteiger partial charge on any atom is 0.326 e. The van der Waals surface area contributed by atoms with Crippen molar-refractivity contribution in [1.29, 1.82) is 0 Å². The van der Waals surface area contributed by atoms with Crippen LogP contribution in [0.15, 0.2) is 36.4 Å². The van der Waals surface area contributed by atoms with E-state index >= 15 is 0 Å². The number of rotatable bonds is 5. The minimum Gasteiger partial charge on any atom is -0.493 e. The van der Waals surface area contributed by atoms with Crippen LogP contribution >= 0.6 is 0 Å². The third-order valence-electron chi connectivity index (χ3n) is 4.68. The molecule has 1 atom stereocenters. The summed E-state index contributed by atoms with van der Waals surface area (Å²) in [5.41, 5.74) is 2.27. The Balaban J connectivity index is 1.57. The molecule has 2 aromatic carbocycles. The van der Waals surface area contributed by atoms with Gasteiger partial charge in [-0.1, -0.05) is 12.1 Å². The maximum absolute atomic E-state index is 13.6. The molecule has 3 amide bonds. The highest BCUT2D eigenvalue weighted by Crippen LogP contribution is 2.31. The molecular weight excluding hydrogens is 365 g/mol. The molecule has 3 N–H and O–H groups in total. The number of methoxy groups -OCH3 is 2. The van der Waals surface area contributed by atoms with Gasteiger partial charge in [0.15, 0.2) is 18.0 Å². The fourth-order valence-electron chi connectivity index (χ4n) is 3.29. The zero-order valence-corrected chi connectivity index (χ0v) is 15.8. The number of amides is 3. The molecule has 3 rings (SSSR count). The number of ether oxygens (including phenoxy) is 2. The van der Waals surface area contributed by atoms with Gasteiger partial charge in [0.25, 0.3) is 5.91 Å². The van der Waals surface area contributed by atoms with Crippen LogP contribution < -0.4 is 25.0 Å². The summed E-state index contributed by atoms with van der Waals surface area (Å²) in [6, 6.07) is 8.91. The second kappa shape index (κ2) is 8.71. The zero-order valence-electron chi connectivity index (χ0n) is 15.8. The van der Waals surface area contributed by atoms with Crippen molar-refractivity contribution in [2.45, 2.75) is 13.0 Å². The fraction of sp³-hybridized carbons (Fsp3) is 0.300. The highest BCUT2D eigenvalue weighted by Gasteiger charge is 2.24. The molecule has 7 nitrogen and oxygen atoms in total. The minimum atomic E-state index is -0.752. The maximum atomic E-state index is 13.6. The fourth-order valence-corrected chi connectivity index (χ4v) is 3.29. The number of halogens is 1. The average molecular weight is 388 g/mol. The van der Waals surface area contributed by atoms with Gasteiger partial charge in [-0.3, -0.25) is 10.1 Å². The number of fused-ring (bicyclic) bond motifs is 1. The number of imide groups is 1. The van der Waals surface area contributed by atoms with Crippen molar-refractivity contribution >= 4 is 17.6 Å². The topological polar surface area (TPSA) is 81.1 Å². The molecular formula is C20H23FN3O4+. The lowest BCUT2D eigenvalue weighted by atomic mass is 9.99. The van der Waals surface area contributed by atoms with Crippen molar-refractivity contribution in [2.75, 3.05) is 32.6 Å². The van der Waals surface area contributed by atoms with Gasteiger partial charge in [-0.15, -0.1) is 0 Å². The number of para-hydroxylation sites is 1. The smallest absolute Gasteiger partial charge is 0.326 e. The molecule has 0 aromatic heterocycles. The number of nitrogens with one attached hydrogen (secondary N) is 3. The number of quaternary nitrogens is 1. The van der Waals surface area contributed by atoms with Gasteiger partial charge in [0, 0.05) is 12.0 Å². The summed E-state index contributed by atoms with van der Waals surface area (Å²) in [6.45, 7) is 1.53. The lowest BCUT2D eigenvalue weighted by molar-refractivity contribution is -0.908. The summed E-state index contributed by atoms with van der Waals surface area (Å²) in [5, 5.41) is 4.58. The van der Waals surface area contributed by atoms with Crippen LogP contribution in [-0.4, -0.2) is 39.2 Å². The summed E-state index contributed by atoms with van der Waals surface area (Å²) in [6.07, 6.45) is 0.791. The van der Waals surface area contributed by atoms with Gasteiger partial charge in [-0.2, -0.15) is 0 Å². The first kappa shape index (κ1) is 19.6. The van der Waals surface area contributed by atoms with E-state index in [1.807, 2.05) is 12.1 Å². The minimum absolute atomic E-state index is 0.0214. The molecule has 0 bridgehead atoms. The first-order valence-corrected chi connectivity index (χ1v) is 8.93. The lowest BCUT2D eigenvalue weighted by Crippen LogP contribution is -3.13. The number of anilines is 1. The van der Waals surface area contributed by atoms with Gasteiger partial charge in [-0.25, -0.2) is 9.18 Å². The van der Waals surface area contributed by atoms with Crippen LogP contribution in [0.5, 0.6) is 11.5 Å². The molecule has 0 aliphatic carbocycles. The van der Waals surface area contributed by atoms with Gasteiger partial charge in [0.05, 0.1) is 26.5 Å². The Kier molecular flexibility index (Phi) is 6.10. The van der Waals surface area contributed by atoms with Crippen LogP contribution in [0.2, 0.25) is 0 Å². The molecule has 8 heteroatoms. The SMILES string of the molecule is COc1cc2c(cc1OC)C[NH+](CC(=O)NC(=O)Nc1ccccc1F)CC2. The van der Waals surface area contributed by atoms with Crippen molar-refractivity contribution in [1.82, 2.24) is 5.32 Å². The van der Waals surface area contributed by atoms with Gasteiger partial charge in [0.1, 0.15) is 12.4 Å². The lowest BCUT2D eigenvalue weighted by Gasteiger charge is -2.26. The zero-order chi connectivity index (χ0) is 20.1. The van der Waals surface area contributed by atoms with Crippen molar-refractivity contribution in [3.63, 3.8) is 0 Å². The molecule has 1 heterocycles. The number of carbonyl (C=O) groups excluding carboxylic acids is 2. The summed E-state index contributed by atoms with van der Waals surface area (Å²) >= 11 is 0. The van der Waals surface area contributed by atoms with Crippen LogP contribution in [0.3, 0.4) is 0 Å². The van der Waals surface area contributed by atoms with E-state index < -0.39 is 17.8 Å². The predicted octanol–water partition coefficient (Wildman–Crippen LogP) is 1.13. The van der Waals surface area contributed by atoms with Gasteiger partial charge in [-0.05, 0) is 29.8 Å². The Labute approximate surface area is 162 Å². The first-order chi connectivity index (χ1) is 13.5. The van der Waals surface area contributed by atoms with Crippen LogP contribution in [0.25, 0.3) is 0 Å². The monoisotopic (exact) mass is 388 g/mol. The Hall–Kier alpha value is -3.13. The summed E-state index contributed by atoms with van der Waals surface area (Å²) in [5.74, 6) is 0.351. The van der Waals surface area contributed by atoms with Crippen LogP contribution in [0.1, 0.15) is 11.1 Å². The summed E-state index contributed by atoms with van der Waals surface area (Å²) in [4.78, 5) is 25.1. The molecule has 2 aromatic rings. The first-order valence-electron chi connectivity index (χ1n) is 8.93. The number of carbonyl (C=O) groups is 2.